The minimum atomic E-state index is 0.0777. The number of aromatic hydroxyl groups is 3. The highest BCUT2D eigenvalue weighted by Crippen LogP contribution is 2.31. The summed E-state index contributed by atoms with van der Waals surface area (Å²) in [6.45, 7) is 5.79. The molecular weight excluding hydrogens is 288 g/mol. The Labute approximate surface area is 136 Å². The first-order chi connectivity index (χ1) is 10.9. The van der Waals surface area contributed by atoms with E-state index in [1.54, 1.807) is 24.3 Å². The molecule has 0 fully saturated rings. The Hall–Kier alpha value is -2.68. The van der Waals surface area contributed by atoms with Crippen LogP contribution in [0.4, 0.5) is 0 Å². The van der Waals surface area contributed by atoms with Crippen molar-refractivity contribution in [3.8, 4) is 17.2 Å². The topological polar surface area (TPSA) is 60.7 Å². The number of phenols is 3. The van der Waals surface area contributed by atoms with Crippen molar-refractivity contribution >= 4 is 12.2 Å². The fourth-order valence-electron chi connectivity index (χ4n) is 2.20. The Morgan fingerprint density at radius 3 is 2.00 bits per heavy atom. The zero-order valence-corrected chi connectivity index (χ0v) is 13.7. The Kier molecular flexibility index (Phi) is 5.12. The van der Waals surface area contributed by atoms with E-state index in [2.05, 4.69) is 0 Å². The van der Waals surface area contributed by atoms with Crippen molar-refractivity contribution in [3.63, 3.8) is 0 Å². The average molecular weight is 310 g/mol. The van der Waals surface area contributed by atoms with Gasteiger partial charge in [0.25, 0.3) is 0 Å². The standard InChI is InChI=1S/C20H22O3/c1-13(2)4-9-17-19(22)11-16(12-20(17)23)8-7-15-6-5-14(3)18(21)10-15/h4-8,10-12,21-23H,9H2,1-3H3/b8-7+. The van der Waals surface area contributed by atoms with Crippen LogP contribution >= 0.6 is 0 Å². The molecule has 0 amide bonds. The number of aryl methyl sites for hydroxylation is 1. The summed E-state index contributed by atoms with van der Waals surface area (Å²) in [6.07, 6.45) is 6.06. The summed E-state index contributed by atoms with van der Waals surface area (Å²) in [5.74, 6) is 0.401. The second-order valence-electron chi connectivity index (χ2n) is 5.90. The monoisotopic (exact) mass is 310 g/mol. The zero-order chi connectivity index (χ0) is 17.0. The summed E-state index contributed by atoms with van der Waals surface area (Å²) >= 11 is 0. The van der Waals surface area contributed by atoms with Crippen LogP contribution in [-0.4, -0.2) is 15.3 Å². The molecule has 2 rings (SSSR count). The Balaban J connectivity index is 2.25. The molecule has 0 spiro atoms. The quantitative estimate of drug-likeness (QED) is 0.562. The van der Waals surface area contributed by atoms with Crippen molar-refractivity contribution in [2.24, 2.45) is 0 Å². The maximum atomic E-state index is 10.1. The molecule has 0 aromatic heterocycles. The Morgan fingerprint density at radius 1 is 0.870 bits per heavy atom. The summed E-state index contributed by atoms with van der Waals surface area (Å²) in [4.78, 5) is 0. The minimum Gasteiger partial charge on any atom is -0.508 e. The van der Waals surface area contributed by atoms with Gasteiger partial charge < -0.3 is 15.3 Å². The van der Waals surface area contributed by atoms with E-state index in [4.69, 9.17) is 0 Å². The molecule has 0 aliphatic carbocycles. The van der Waals surface area contributed by atoms with Crippen LogP contribution < -0.4 is 0 Å². The molecule has 0 heterocycles. The first-order valence-electron chi connectivity index (χ1n) is 7.52. The smallest absolute Gasteiger partial charge is 0.123 e. The van der Waals surface area contributed by atoms with Gasteiger partial charge in [-0.05, 0) is 62.1 Å². The second kappa shape index (κ2) is 7.05. The van der Waals surface area contributed by atoms with E-state index in [0.29, 0.717) is 17.5 Å². The largest absolute Gasteiger partial charge is 0.508 e. The molecule has 3 N–H and O–H groups in total. The molecule has 0 radical (unpaired) electrons. The summed E-state index contributed by atoms with van der Waals surface area (Å²) in [5.41, 5.74) is 4.02. The molecule has 0 unspecified atom stereocenters. The fraction of sp³-hybridized carbons (Fsp3) is 0.200. The van der Waals surface area contributed by atoms with Gasteiger partial charge in [-0.15, -0.1) is 0 Å². The van der Waals surface area contributed by atoms with E-state index in [1.165, 1.54) is 0 Å². The summed E-state index contributed by atoms with van der Waals surface area (Å²) < 4.78 is 0. The van der Waals surface area contributed by atoms with Crippen LogP contribution in [0.15, 0.2) is 42.0 Å². The third kappa shape index (κ3) is 4.39. The predicted octanol–water partition coefficient (Wildman–Crippen LogP) is 4.79. The highest BCUT2D eigenvalue weighted by molar-refractivity contribution is 5.72. The fourth-order valence-corrected chi connectivity index (χ4v) is 2.20. The van der Waals surface area contributed by atoms with Gasteiger partial charge in [-0.2, -0.15) is 0 Å². The molecule has 3 nitrogen and oxygen atoms in total. The van der Waals surface area contributed by atoms with E-state index < -0.39 is 0 Å². The molecule has 120 valence electrons. The zero-order valence-electron chi connectivity index (χ0n) is 13.7. The van der Waals surface area contributed by atoms with Crippen molar-refractivity contribution in [1.29, 1.82) is 0 Å². The summed E-state index contributed by atoms with van der Waals surface area (Å²) in [5, 5.41) is 29.9. The molecule has 0 saturated heterocycles. The molecule has 0 saturated carbocycles. The normalized spacial score (nSPS) is 10.9. The van der Waals surface area contributed by atoms with Gasteiger partial charge in [0.2, 0.25) is 0 Å². The molecule has 0 bridgehead atoms. The lowest BCUT2D eigenvalue weighted by Gasteiger charge is -2.07. The van der Waals surface area contributed by atoms with E-state index in [1.807, 2.05) is 45.1 Å². The van der Waals surface area contributed by atoms with Crippen molar-refractivity contribution in [1.82, 2.24) is 0 Å². The van der Waals surface area contributed by atoms with E-state index in [0.717, 1.165) is 16.7 Å². The molecule has 0 atom stereocenters. The van der Waals surface area contributed by atoms with Crippen LogP contribution in [0.5, 0.6) is 17.2 Å². The van der Waals surface area contributed by atoms with Crippen LogP contribution in [0.3, 0.4) is 0 Å². The van der Waals surface area contributed by atoms with Crippen LogP contribution in [-0.2, 0) is 6.42 Å². The van der Waals surface area contributed by atoms with Crippen LogP contribution in [0.1, 0.15) is 36.1 Å². The van der Waals surface area contributed by atoms with Gasteiger partial charge in [-0.1, -0.05) is 35.9 Å². The van der Waals surface area contributed by atoms with Crippen LogP contribution in [0, 0.1) is 6.92 Å². The molecule has 3 heteroatoms. The van der Waals surface area contributed by atoms with Gasteiger partial charge in [-0.3, -0.25) is 0 Å². The van der Waals surface area contributed by atoms with Crippen molar-refractivity contribution in [2.75, 3.05) is 0 Å². The SMILES string of the molecule is CC(C)=CCc1c(O)cc(/C=C/c2ccc(C)c(O)c2)cc1O. The van der Waals surface area contributed by atoms with Gasteiger partial charge in [0.05, 0.1) is 0 Å². The number of phenolic OH excluding ortho intramolecular Hbond substituents is 3. The van der Waals surface area contributed by atoms with E-state index >= 15 is 0 Å². The highest BCUT2D eigenvalue weighted by atomic mass is 16.3. The maximum Gasteiger partial charge on any atom is 0.123 e. The molecule has 0 aliphatic rings. The van der Waals surface area contributed by atoms with E-state index in [9.17, 15) is 15.3 Å². The third-order valence-corrected chi connectivity index (χ3v) is 3.64. The first-order valence-corrected chi connectivity index (χ1v) is 7.52. The van der Waals surface area contributed by atoms with E-state index in [-0.39, 0.29) is 17.2 Å². The lowest BCUT2D eigenvalue weighted by molar-refractivity contribution is 0.440. The Morgan fingerprint density at radius 2 is 1.43 bits per heavy atom. The maximum absolute atomic E-state index is 10.1. The number of allylic oxidation sites excluding steroid dienone is 2. The third-order valence-electron chi connectivity index (χ3n) is 3.64. The number of rotatable bonds is 4. The predicted molar refractivity (Wildman–Crippen MR) is 94.7 cm³/mol. The van der Waals surface area contributed by atoms with Gasteiger partial charge in [0, 0.05) is 5.56 Å². The lowest BCUT2D eigenvalue weighted by atomic mass is 10.0. The van der Waals surface area contributed by atoms with Crippen molar-refractivity contribution < 1.29 is 15.3 Å². The van der Waals surface area contributed by atoms with Gasteiger partial charge in [0.15, 0.2) is 0 Å². The van der Waals surface area contributed by atoms with Crippen molar-refractivity contribution in [3.05, 3.63) is 64.2 Å². The highest BCUT2D eigenvalue weighted by Gasteiger charge is 2.07. The number of hydrogen-bond donors (Lipinski definition) is 3. The van der Waals surface area contributed by atoms with Crippen molar-refractivity contribution in [2.45, 2.75) is 27.2 Å². The Bertz CT molecular complexity index is 743. The molecular formula is C20H22O3. The number of benzene rings is 2. The van der Waals surface area contributed by atoms with Crippen LogP contribution in [0.2, 0.25) is 0 Å². The van der Waals surface area contributed by atoms with Gasteiger partial charge in [-0.25, -0.2) is 0 Å². The summed E-state index contributed by atoms with van der Waals surface area (Å²) in [6, 6.07) is 8.66. The molecule has 0 aliphatic heterocycles. The minimum absolute atomic E-state index is 0.0777. The van der Waals surface area contributed by atoms with Gasteiger partial charge in [0.1, 0.15) is 17.2 Å². The van der Waals surface area contributed by atoms with Gasteiger partial charge >= 0.3 is 0 Å². The average Bonchev–Trinajstić information content (AvgIpc) is 2.47. The van der Waals surface area contributed by atoms with Crippen LogP contribution in [0.25, 0.3) is 12.2 Å². The second-order valence-corrected chi connectivity index (χ2v) is 5.90. The molecule has 2 aromatic rings. The number of hydrogen-bond acceptors (Lipinski definition) is 3. The molecule has 2 aromatic carbocycles. The lowest BCUT2D eigenvalue weighted by Crippen LogP contribution is -1.87. The molecule has 23 heavy (non-hydrogen) atoms. The summed E-state index contributed by atoms with van der Waals surface area (Å²) in [7, 11) is 0. The first kappa shape index (κ1) is 16.7.